The number of aliphatic hydroxyl groups is 1. The highest BCUT2D eigenvalue weighted by Crippen LogP contribution is 2.06. The summed E-state index contributed by atoms with van der Waals surface area (Å²) in [6, 6.07) is 1.78. The molecular weight excluding hydrogens is 232 g/mol. The molecule has 1 amide bonds. The number of aliphatic hydroxyl groups excluding tert-OH is 1. The summed E-state index contributed by atoms with van der Waals surface area (Å²) < 4.78 is 1.70. The molecule has 0 saturated carbocycles. The Labute approximate surface area is 105 Å². The number of amides is 1. The van der Waals surface area contributed by atoms with Gasteiger partial charge in [0.1, 0.15) is 5.69 Å². The maximum absolute atomic E-state index is 12.2. The zero-order valence-electron chi connectivity index (χ0n) is 10.3. The zero-order valence-corrected chi connectivity index (χ0v) is 10.3. The molecule has 18 heavy (non-hydrogen) atoms. The van der Waals surface area contributed by atoms with Gasteiger partial charge < -0.3 is 10.0 Å². The van der Waals surface area contributed by atoms with Crippen molar-refractivity contribution in [1.82, 2.24) is 19.3 Å². The minimum Gasteiger partial charge on any atom is -0.395 e. The van der Waals surface area contributed by atoms with Gasteiger partial charge in [0, 0.05) is 31.7 Å². The maximum atomic E-state index is 12.2. The van der Waals surface area contributed by atoms with Gasteiger partial charge in [0.25, 0.3) is 5.91 Å². The first-order valence-electron chi connectivity index (χ1n) is 5.96. The lowest BCUT2D eigenvalue weighted by molar-refractivity contribution is 0.0717. The van der Waals surface area contributed by atoms with Gasteiger partial charge in [-0.1, -0.05) is 6.92 Å². The lowest BCUT2D eigenvalue weighted by Gasteiger charge is -2.19. The Morgan fingerprint density at radius 3 is 3.00 bits per heavy atom. The zero-order chi connectivity index (χ0) is 13.0. The van der Waals surface area contributed by atoms with Crippen molar-refractivity contribution < 1.29 is 9.90 Å². The Bertz CT molecular complexity index is 499. The molecule has 0 bridgehead atoms. The summed E-state index contributed by atoms with van der Waals surface area (Å²) in [5, 5.41) is 8.97. The summed E-state index contributed by atoms with van der Waals surface area (Å²) in [5.41, 5.74) is 0.357. The van der Waals surface area contributed by atoms with Crippen molar-refractivity contribution in [3.63, 3.8) is 0 Å². The molecule has 0 aliphatic heterocycles. The largest absolute Gasteiger partial charge is 0.395 e. The van der Waals surface area contributed by atoms with Crippen molar-refractivity contribution in [1.29, 1.82) is 0 Å². The van der Waals surface area contributed by atoms with E-state index >= 15 is 0 Å². The molecule has 1 N–H and O–H groups in total. The number of hydrogen-bond acceptors (Lipinski definition) is 4. The highest BCUT2D eigenvalue weighted by Gasteiger charge is 2.17. The van der Waals surface area contributed by atoms with Crippen molar-refractivity contribution in [2.24, 2.45) is 0 Å². The third-order valence-electron chi connectivity index (χ3n) is 2.61. The molecular formula is C12H16N4O2. The van der Waals surface area contributed by atoms with Gasteiger partial charge in [-0.3, -0.25) is 9.20 Å². The van der Waals surface area contributed by atoms with Gasteiger partial charge >= 0.3 is 0 Å². The third-order valence-corrected chi connectivity index (χ3v) is 2.61. The van der Waals surface area contributed by atoms with E-state index in [9.17, 15) is 4.79 Å². The highest BCUT2D eigenvalue weighted by molar-refractivity contribution is 5.92. The molecule has 0 aliphatic rings. The smallest absolute Gasteiger partial charge is 0.274 e. The molecule has 0 radical (unpaired) electrons. The summed E-state index contributed by atoms with van der Waals surface area (Å²) in [7, 11) is 0. The number of nitrogens with zero attached hydrogens (tertiary/aromatic N) is 4. The molecule has 2 rings (SSSR count). The molecule has 6 heteroatoms. The second-order valence-corrected chi connectivity index (χ2v) is 3.97. The molecule has 2 aromatic rings. The van der Waals surface area contributed by atoms with E-state index < -0.39 is 0 Å². The Kier molecular flexibility index (Phi) is 3.88. The van der Waals surface area contributed by atoms with Crippen LogP contribution in [-0.4, -0.2) is 50.0 Å². The number of aromatic nitrogens is 3. The van der Waals surface area contributed by atoms with Crippen LogP contribution in [0, 0.1) is 0 Å². The first-order chi connectivity index (χ1) is 8.76. The van der Waals surface area contributed by atoms with Gasteiger partial charge in [-0.2, -0.15) is 0 Å². The normalized spacial score (nSPS) is 10.8. The number of carbonyl (C=O) groups is 1. The highest BCUT2D eigenvalue weighted by atomic mass is 16.3. The van der Waals surface area contributed by atoms with Crippen LogP contribution in [-0.2, 0) is 0 Å². The third kappa shape index (κ3) is 2.48. The Balaban J connectivity index is 2.25. The number of hydrogen-bond donors (Lipinski definition) is 1. The predicted molar refractivity (Wildman–Crippen MR) is 66.3 cm³/mol. The monoisotopic (exact) mass is 248 g/mol. The van der Waals surface area contributed by atoms with Crippen LogP contribution in [0.25, 0.3) is 5.78 Å². The standard InChI is InChI=1S/C12H16N4O2/c1-2-5-15(7-8-17)11(18)10-9-16-6-3-4-13-12(16)14-10/h3-4,6,9,17H,2,5,7-8H2,1H3. The minimum absolute atomic E-state index is 0.0443. The van der Waals surface area contributed by atoms with E-state index in [-0.39, 0.29) is 12.5 Å². The molecule has 0 spiro atoms. The molecule has 0 saturated heterocycles. The van der Waals surface area contributed by atoms with E-state index in [0.29, 0.717) is 24.6 Å². The number of imidazole rings is 1. The summed E-state index contributed by atoms with van der Waals surface area (Å²) >= 11 is 0. The van der Waals surface area contributed by atoms with Crippen LogP contribution >= 0.6 is 0 Å². The fraction of sp³-hybridized carbons (Fsp3) is 0.417. The molecule has 0 atom stereocenters. The molecule has 0 fully saturated rings. The molecule has 6 nitrogen and oxygen atoms in total. The topological polar surface area (TPSA) is 70.7 Å². The van der Waals surface area contributed by atoms with Crippen molar-refractivity contribution in [2.75, 3.05) is 19.7 Å². The average molecular weight is 248 g/mol. The van der Waals surface area contributed by atoms with E-state index in [2.05, 4.69) is 9.97 Å². The van der Waals surface area contributed by atoms with E-state index in [1.54, 1.807) is 34.0 Å². The number of carbonyl (C=O) groups excluding carboxylic acids is 1. The predicted octanol–water partition coefficient (Wildman–Crippen LogP) is 0.574. The first-order valence-corrected chi connectivity index (χ1v) is 5.96. The van der Waals surface area contributed by atoms with Crippen molar-refractivity contribution >= 4 is 11.7 Å². The van der Waals surface area contributed by atoms with Crippen molar-refractivity contribution in [2.45, 2.75) is 13.3 Å². The Morgan fingerprint density at radius 1 is 1.50 bits per heavy atom. The molecule has 0 aromatic carbocycles. The fourth-order valence-corrected chi connectivity index (χ4v) is 1.80. The Hall–Kier alpha value is -1.95. The molecule has 96 valence electrons. The van der Waals surface area contributed by atoms with Crippen LogP contribution in [0.1, 0.15) is 23.8 Å². The van der Waals surface area contributed by atoms with E-state index in [1.165, 1.54) is 0 Å². The molecule has 2 heterocycles. The van der Waals surface area contributed by atoms with Crippen LogP contribution in [0.2, 0.25) is 0 Å². The molecule has 0 aliphatic carbocycles. The summed E-state index contributed by atoms with van der Waals surface area (Å²) in [6.07, 6.45) is 5.93. The lowest BCUT2D eigenvalue weighted by atomic mass is 10.3. The van der Waals surface area contributed by atoms with Gasteiger partial charge in [0.15, 0.2) is 0 Å². The van der Waals surface area contributed by atoms with Crippen LogP contribution in [0.15, 0.2) is 24.7 Å². The van der Waals surface area contributed by atoms with E-state index in [1.807, 2.05) is 6.92 Å². The summed E-state index contributed by atoms with van der Waals surface area (Å²) in [5.74, 6) is 0.331. The van der Waals surface area contributed by atoms with Gasteiger partial charge in [-0.25, -0.2) is 9.97 Å². The first kappa shape index (κ1) is 12.5. The number of fused-ring (bicyclic) bond motifs is 1. The van der Waals surface area contributed by atoms with Gasteiger partial charge in [0.05, 0.1) is 6.61 Å². The van der Waals surface area contributed by atoms with Gasteiger partial charge in [-0.05, 0) is 12.5 Å². The SMILES string of the molecule is CCCN(CCO)C(=O)c1cn2cccnc2n1. The van der Waals surface area contributed by atoms with Crippen LogP contribution in [0.4, 0.5) is 0 Å². The van der Waals surface area contributed by atoms with E-state index in [0.717, 1.165) is 6.42 Å². The average Bonchev–Trinajstić information content (AvgIpc) is 2.81. The van der Waals surface area contributed by atoms with Crippen molar-refractivity contribution in [3.8, 4) is 0 Å². The van der Waals surface area contributed by atoms with Crippen LogP contribution < -0.4 is 0 Å². The van der Waals surface area contributed by atoms with E-state index in [4.69, 9.17) is 5.11 Å². The number of rotatable bonds is 5. The lowest BCUT2D eigenvalue weighted by Crippen LogP contribution is -2.34. The van der Waals surface area contributed by atoms with Gasteiger partial charge in [-0.15, -0.1) is 0 Å². The summed E-state index contributed by atoms with van der Waals surface area (Å²) in [4.78, 5) is 22.0. The van der Waals surface area contributed by atoms with Crippen LogP contribution in [0.5, 0.6) is 0 Å². The van der Waals surface area contributed by atoms with Crippen molar-refractivity contribution in [3.05, 3.63) is 30.4 Å². The fourth-order valence-electron chi connectivity index (χ4n) is 1.80. The molecule has 2 aromatic heterocycles. The minimum atomic E-state index is -0.170. The molecule has 0 unspecified atom stereocenters. The van der Waals surface area contributed by atoms with Crippen LogP contribution in [0.3, 0.4) is 0 Å². The second-order valence-electron chi connectivity index (χ2n) is 3.97. The Morgan fingerprint density at radius 2 is 2.33 bits per heavy atom. The maximum Gasteiger partial charge on any atom is 0.274 e. The van der Waals surface area contributed by atoms with Gasteiger partial charge in [0.2, 0.25) is 5.78 Å². The second kappa shape index (κ2) is 5.59. The quantitative estimate of drug-likeness (QED) is 0.840. The summed E-state index contributed by atoms with van der Waals surface area (Å²) in [6.45, 7) is 2.88.